The molecular formula is C43H50F2N6O5. The van der Waals surface area contributed by atoms with Crippen LogP contribution in [-0.4, -0.2) is 107 Å². The van der Waals surface area contributed by atoms with E-state index < -0.39 is 17.2 Å². The summed E-state index contributed by atoms with van der Waals surface area (Å²) >= 11 is 0. The number of likely N-dealkylation sites (tertiary alicyclic amines) is 2. The van der Waals surface area contributed by atoms with E-state index in [-0.39, 0.29) is 51.0 Å². The Morgan fingerprint density at radius 2 is 1.91 bits per heavy atom. The van der Waals surface area contributed by atoms with Crippen molar-refractivity contribution in [2.45, 2.75) is 77.4 Å². The van der Waals surface area contributed by atoms with Crippen LogP contribution in [0.1, 0.15) is 71.3 Å². The van der Waals surface area contributed by atoms with E-state index in [0.717, 1.165) is 71.1 Å². The number of carbonyl (C=O) groups excluding carboxylic acids is 1. The number of terminal acetylenes is 1. The SMILES string of the molecule is C#Cc1c(F)ccc2cc(O)cc(-c3ncc4c(N5CCCOCC5)nc(OC[C@]56CCC[C@H]5N(CCC5CN(C(=O)OC(C)(C)C)C5)CCC6)nc4c3F)c12. The summed E-state index contributed by atoms with van der Waals surface area (Å²) in [6.45, 7) is 11.8. The fourth-order valence-corrected chi connectivity index (χ4v) is 9.29. The molecule has 2 aromatic heterocycles. The van der Waals surface area contributed by atoms with E-state index in [9.17, 15) is 14.3 Å². The van der Waals surface area contributed by atoms with E-state index in [1.165, 1.54) is 30.5 Å². The molecule has 2 atom stereocenters. The van der Waals surface area contributed by atoms with Crippen LogP contribution < -0.4 is 9.64 Å². The molecule has 3 aliphatic heterocycles. The van der Waals surface area contributed by atoms with Gasteiger partial charge in [0.25, 0.3) is 0 Å². The normalized spacial score (nSPS) is 22.1. The van der Waals surface area contributed by atoms with Gasteiger partial charge in [-0.15, -0.1) is 6.42 Å². The van der Waals surface area contributed by atoms with Crippen molar-refractivity contribution in [3.63, 3.8) is 0 Å². The number of anilines is 1. The number of aromatic nitrogens is 3. The molecule has 1 N–H and O–H groups in total. The van der Waals surface area contributed by atoms with Crippen LogP contribution in [0.5, 0.6) is 11.8 Å². The van der Waals surface area contributed by atoms with Gasteiger partial charge in [0.15, 0.2) is 5.82 Å². The number of hydrogen-bond donors (Lipinski definition) is 1. The van der Waals surface area contributed by atoms with E-state index in [4.69, 9.17) is 30.6 Å². The van der Waals surface area contributed by atoms with Gasteiger partial charge in [-0.25, -0.2) is 13.6 Å². The maximum atomic E-state index is 17.0. The predicted octanol–water partition coefficient (Wildman–Crippen LogP) is 7.31. The summed E-state index contributed by atoms with van der Waals surface area (Å²) in [5, 5.41) is 11.8. The first-order valence-corrected chi connectivity index (χ1v) is 19.9. The van der Waals surface area contributed by atoms with Crippen molar-refractivity contribution in [2.24, 2.45) is 11.3 Å². The van der Waals surface area contributed by atoms with Crippen molar-refractivity contribution in [1.82, 2.24) is 24.8 Å². The summed E-state index contributed by atoms with van der Waals surface area (Å²) in [4.78, 5) is 33.1. The van der Waals surface area contributed by atoms with Crippen molar-refractivity contribution in [3.05, 3.63) is 47.7 Å². The molecule has 0 unspecified atom stereocenters. The zero-order chi connectivity index (χ0) is 39.2. The zero-order valence-corrected chi connectivity index (χ0v) is 32.5. The molecule has 11 nitrogen and oxygen atoms in total. The number of benzene rings is 2. The van der Waals surface area contributed by atoms with Gasteiger partial charge in [0.1, 0.15) is 34.2 Å². The van der Waals surface area contributed by atoms with Gasteiger partial charge in [-0.2, -0.15) is 9.97 Å². The van der Waals surface area contributed by atoms with Crippen LogP contribution in [0.3, 0.4) is 0 Å². The number of ether oxygens (including phenoxy) is 3. The maximum absolute atomic E-state index is 17.0. The Labute approximate surface area is 326 Å². The van der Waals surface area contributed by atoms with Crippen LogP contribution in [0.2, 0.25) is 0 Å². The molecule has 296 valence electrons. The Morgan fingerprint density at radius 3 is 2.71 bits per heavy atom. The summed E-state index contributed by atoms with van der Waals surface area (Å²) in [7, 11) is 0. The lowest BCUT2D eigenvalue weighted by atomic mass is 9.75. The highest BCUT2D eigenvalue weighted by Crippen LogP contribution is 2.48. The van der Waals surface area contributed by atoms with Gasteiger partial charge in [-0.3, -0.25) is 9.88 Å². The first-order valence-electron chi connectivity index (χ1n) is 19.9. The van der Waals surface area contributed by atoms with Crippen molar-refractivity contribution in [3.8, 4) is 35.4 Å². The van der Waals surface area contributed by atoms with Gasteiger partial charge >= 0.3 is 12.1 Å². The number of piperidine rings is 1. The van der Waals surface area contributed by atoms with Gasteiger partial charge in [0.2, 0.25) is 0 Å². The molecule has 13 heteroatoms. The number of carbonyl (C=O) groups is 1. The topological polar surface area (TPSA) is 113 Å². The molecule has 5 heterocycles. The van der Waals surface area contributed by atoms with E-state index >= 15 is 4.39 Å². The molecule has 2 aromatic carbocycles. The molecule has 1 aliphatic carbocycles. The molecule has 4 aromatic rings. The molecular weight excluding hydrogens is 719 g/mol. The third-order valence-corrected chi connectivity index (χ3v) is 12.0. The highest BCUT2D eigenvalue weighted by molar-refractivity contribution is 6.03. The van der Waals surface area contributed by atoms with Gasteiger partial charge in [-0.1, -0.05) is 18.4 Å². The molecule has 4 aliphatic rings. The lowest BCUT2D eigenvalue weighted by molar-refractivity contribution is -0.0174. The molecule has 0 bridgehead atoms. The Kier molecular flexibility index (Phi) is 10.4. The monoisotopic (exact) mass is 768 g/mol. The first kappa shape index (κ1) is 38.1. The lowest BCUT2D eigenvalue weighted by Crippen LogP contribution is -2.55. The summed E-state index contributed by atoms with van der Waals surface area (Å²) in [6.07, 6.45) is 14.1. The highest BCUT2D eigenvalue weighted by atomic mass is 19.1. The first-order chi connectivity index (χ1) is 26.9. The summed E-state index contributed by atoms with van der Waals surface area (Å²) in [5.41, 5.74) is -0.579. The van der Waals surface area contributed by atoms with Gasteiger partial charge in [0.05, 0.1) is 24.2 Å². The van der Waals surface area contributed by atoms with Crippen molar-refractivity contribution < 1.29 is 32.9 Å². The molecule has 56 heavy (non-hydrogen) atoms. The van der Waals surface area contributed by atoms with Crippen LogP contribution >= 0.6 is 0 Å². The predicted molar refractivity (Wildman–Crippen MR) is 210 cm³/mol. The van der Waals surface area contributed by atoms with E-state index in [1.807, 2.05) is 20.8 Å². The van der Waals surface area contributed by atoms with E-state index in [0.29, 0.717) is 61.5 Å². The molecule has 8 rings (SSSR count). The second-order valence-electron chi connectivity index (χ2n) is 16.9. The van der Waals surface area contributed by atoms with Gasteiger partial charge in [-0.05, 0) is 102 Å². The average molecular weight is 769 g/mol. The van der Waals surface area contributed by atoms with Crippen LogP contribution in [-0.2, 0) is 9.47 Å². The van der Waals surface area contributed by atoms with Crippen LogP contribution in [0, 0.1) is 35.3 Å². The summed E-state index contributed by atoms with van der Waals surface area (Å²) in [6, 6.07) is 5.96. The quantitative estimate of drug-likeness (QED) is 0.183. The lowest BCUT2D eigenvalue weighted by Gasteiger charge is -2.47. The minimum absolute atomic E-state index is 0.0157. The highest BCUT2D eigenvalue weighted by Gasteiger charge is 2.49. The second-order valence-corrected chi connectivity index (χ2v) is 16.9. The number of phenols is 1. The number of amides is 1. The molecule has 0 radical (unpaired) electrons. The van der Waals surface area contributed by atoms with Crippen molar-refractivity contribution in [1.29, 1.82) is 0 Å². The van der Waals surface area contributed by atoms with Crippen LogP contribution in [0.15, 0.2) is 30.5 Å². The smallest absolute Gasteiger partial charge is 0.410 e. The van der Waals surface area contributed by atoms with Crippen LogP contribution in [0.25, 0.3) is 32.9 Å². The molecule has 4 fully saturated rings. The van der Waals surface area contributed by atoms with Gasteiger partial charge in [0, 0.05) is 61.4 Å². The van der Waals surface area contributed by atoms with E-state index in [2.05, 4.69) is 20.7 Å². The maximum Gasteiger partial charge on any atom is 0.410 e. The third-order valence-electron chi connectivity index (χ3n) is 12.0. The zero-order valence-electron chi connectivity index (χ0n) is 32.5. The van der Waals surface area contributed by atoms with Crippen LogP contribution in [0.4, 0.5) is 19.4 Å². The number of nitrogens with zero attached hydrogens (tertiary/aromatic N) is 6. The molecule has 1 amide bonds. The third kappa shape index (κ3) is 7.41. The van der Waals surface area contributed by atoms with Crippen molar-refractivity contribution in [2.75, 3.05) is 64.0 Å². The van der Waals surface area contributed by atoms with Crippen molar-refractivity contribution >= 4 is 33.6 Å². The standard InChI is InChI=1S/C43H50F2N6O5/c1-5-30-33(44)11-10-28-21-29(52)22-31(35(28)30)37-36(45)38-32(23-46-37)39(50-16-8-19-54-20-18-50)48-40(47-38)55-26-43-13-6-9-34(43)49(15-7-14-43)17-12-27-24-51(25-27)41(53)56-42(2,3)4/h1,10-11,21-23,27,34,52H,6-9,12-20,24-26H2,2-4H3/t34-,43-/m1/s1. The minimum Gasteiger partial charge on any atom is -0.508 e. The number of rotatable bonds is 8. The minimum atomic E-state index is -0.747. The summed E-state index contributed by atoms with van der Waals surface area (Å²) in [5.74, 6) is 1.85. The number of pyridine rings is 1. The van der Waals surface area contributed by atoms with Gasteiger partial charge < -0.3 is 29.1 Å². The Balaban J connectivity index is 1.07. The Morgan fingerprint density at radius 1 is 1.09 bits per heavy atom. The number of hydrogen-bond acceptors (Lipinski definition) is 10. The number of phenolic OH excluding ortho intramolecular Hbond substituents is 1. The Bertz CT molecular complexity index is 2170. The average Bonchev–Trinajstić information content (AvgIpc) is 3.39. The second kappa shape index (κ2) is 15.3. The molecule has 1 saturated carbocycles. The van der Waals surface area contributed by atoms with E-state index in [1.54, 1.807) is 4.90 Å². The number of fused-ring (bicyclic) bond motifs is 3. The largest absolute Gasteiger partial charge is 0.508 e. The fraction of sp³-hybridized carbons (Fsp3) is 0.535. The molecule has 0 spiro atoms. The molecule has 3 saturated heterocycles. The Hall–Kier alpha value is -4.80. The fourth-order valence-electron chi connectivity index (χ4n) is 9.29. The number of aromatic hydroxyl groups is 1. The summed E-state index contributed by atoms with van der Waals surface area (Å²) < 4.78 is 49.8. The number of halogens is 2.